The fourth-order valence-electron chi connectivity index (χ4n) is 3.98. The van der Waals surface area contributed by atoms with E-state index in [-0.39, 0.29) is 24.0 Å². The highest BCUT2D eigenvalue weighted by atomic mass is 127. The minimum absolute atomic E-state index is 0. The average Bonchev–Trinajstić information content (AvgIpc) is 3.07. The maximum Gasteiger partial charge on any atom is 0.194 e. The molecule has 26 heavy (non-hydrogen) atoms. The monoisotopic (exact) mass is 481 g/mol. The van der Waals surface area contributed by atoms with Gasteiger partial charge in [-0.05, 0) is 41.0 Å². The molecule has 2 heterocycles. The molecule has 1 unspecified atom stereocenters. The van der Waals surface area contributed by atoms with E-state index in [1.54, 1.807) is 0 Å². The van der Waals surface area contributed by atoms with Gasteiger partial charge in [0.2, 0.25) is 0 Å². The summed E-state index contributed by atoms with van der Waals surface area (Å²) in [7, 11) is 0. The Kier molecular flexibility index (Phi) is 11.4. The van der Waals surface area contributed by atoms with E-state index in [0.29, 0.717) is 18.1 Å². The number of nitrogens with zero attached hydrogens (tertiary/aromatic N) is 4. The van der Waals surface area contributed by atoms with Gasteiger partial charge in [0.25, 0.3) is 0 Å². The molecule has 0 saturated carbocycles. The Morgan fingerprint density at radius 2 is 1.81 bits per heavy atom. The second-order valence-corrected chi connectivity index (χ2v) is 7.70. The topological polar surface area (TPSA) is 43.3 Å². The first-order valence-electron chi connectivity index (χ1n) is 10.1. The van der Waals surface area contributed by atoms with Crippen molar-refractivity contribution in [3.05, 3.63) is 0 Å². The van der Waals surface area contributed by atoms with Crippen LogP contribution in [0, 0.1) is 0 Å². The lowest BCUT2D eigenvalue weighted by Crippen LogP contribution is -2.47. The minimum Gasteiger partial charge on any atom is -0.379 e. The molecule has 0 amide bonds. The summed E-state index contributed by atoms with van der Waals surface area (Å²) in [5.41, 5.74) is 0. The van der Waals surface area contributed by atoms with Gasteiger partial charge < -0.3 is 15.0 Å². The molecule has 2 aliphatic heterocycles. The molecule has 2 fully saturated rings. The third-order valence-electron chi connectivity index (χ3n) is 5.31. The quantitative estimate of drug-likeness (QED) is 0.343. The highest BCUT2D eigenvalue weighted by Crippen LogP contribution is 2.17. The molecule has 0 aromatic rings. The van der Waals surface area contributed by atoms with Crippen LogP contribution in [0.4, 0.5) is 0 Å². The number of nitrogens with one attached hydrogen (secondary N) is 1. The van der Waals surface area contributed by atoms with E-state index >= 15 is 0 Å². The Balaban J connectivity index is 0.00000338. The van der Waals surface area contributed by atoms with Crippen LogP contribution in [0.2, 0.25) is 0 Å². The first-order chi connectivity index (χ1) is 12.0. The number of guanidine groups is 1. The molecule has 2 aliphatic rings. The van der Waals surface area contributed by atoms with E-state index in [9.17, 15) is 0 Å². The number of ether oxygens (including phenoxy) is 1. The minimum atomic E-state index is 0. The Bertz CT molecular complexity index is 405. The number of aliphatic imine (C=N–C) groups is 1. The van der Waals surface area contributed by atoms with Gasteiger partial charge in [-0.15, -0.1) is 24.0 Å². The maximum atomic E-state index is 5.49. The fraction of sp³-hybridized carbons (Fsp3) is 0.947. The van der Waals surface area contributed by atoms with Crippen molar-refractivity contribution in [1.82, 2.24) is 20.0 Å². The Hall–Kier alpha value is -0.120. The molecule has 0 aromatic heterocycles. The molecule has 2 rings (SSSR count). The highest BCUT2D eigenvalue weighted by Gasteiger charge is 2.30. The van der Waals surface area contributed by atoms with Crippen LogP contribution in [0.3, 0.4) is 0 Å². The summed E-state index contributed by atoms with van der Waals surface area (Å²) < 4.78 is 5.49. The predicted octanol–water partition coefficient (Wildman–Crippen LogP) is 2.10. The number of hydrogen-bond acceptors (Lipinski definition) is 4. The normalized spacial score (nSPS) is 22.4. The van der Waals surface area contributed by atoms with Crippen molar-refractivity contribution in [2.75, 3.05) is 59.0 Å². The van der Waals surface area contributed by atoms with Crippen LogP contribution in [0.5, 0.6) is 0 Å². The van der Waals surface area contributed by atoms with Crippen molar-refractivity contribution in [3.63, 3.8) is 0 Å². The number of rotatable bonds is 7. The molecule has 0 aliphatic carbocycles. The van der Waals surface area contributed by atoms with Crippen LogP contribution in [0.15, 0.2) is 4.99 Å². The summed E-state index contributed by atoms with van der Waals surface area (Å²) in [5.74, 6) is 1.09. The van der Waals surface area contributed by atoms with Crippen molar-refractivity contribution in [2.45, 2.75) is 59.2 Å². The van der Waals surface area contributed by atoms with E-state index < -0.39 is 0 Å². The third kappa shape index (κ3) is 7.13. The van der Waals surface area contributed by atoms with Gasteiger partial charge in [-0.3, -0.25) is 14.8 Å². The van der Waals surface area contributed by atoms with Crippen LogP contribution in [-0.4, -0.2) is 97.8 Å². The molecule has 0 aromatic carbocycles. The average molecular weight is 481 g/mol. The Labute approximate surface area is 177 Å². The fourth-order valence-corrected chi connectivity index (χ4v) is 3.98. The lowest BCUT2D eigenvalue weighted by atomic mass is 10.2. The third-order valence-corrected chi connectivity index (χ3v) is 5.31. The molecule has 7 heteroatoms. The van der Waals surface area contributed by atoms with Gasteiger partial charge in [-0.1, -0.05) is 0 Å². The van der Waals surface area contributed by atoms with Crippen molar-refractivity contribution < 1.29 is 4.74 Å². The highest BCUT2D eigenvalue weighted by molar-refractivity contribution is 14.0. The van der Waals surface area contributed by atoms with E-state index in [4.69, 9.17) is 9.73 Å². The van der Waals surface area contributed by atoms with Crippen molar-refractivity contribution >= 4 is 29.9 Å². The van der Waals surface area contributed by atoms with Crippen molar-refractivity contribution in [1.29, 1.82) is 0 Å². The van der Waals surface area contributed by atoms with Crippen LogP contribution in [0.25, 0.3) is 0 Å². The number of hydrogen-bond donors (Lipinski definition) is 1. The molecular formula is C19H40IN5O. The van der Waals surface area contributed by atoms with Crippen LogP contribution in [0.1, 0.15) is 41.0 Å². The summed E-state index contributed by atoms with van der Waals surface area (Å²) >= 11 is 0. The zero-order valence-electron chi connectivity index (χ0n) is 17.4. The number of likely N-dealkylation sites (tertiary alicyclic amines) is 1. The molecule has 2 saturated heterocycles. The SMILES string of the molecule is CCNC(=NCCN(C(C)C)C(C)C)N1CCC(N2CCOCC2)C1.I. The second kappa shape index (κ2) is 12.4. The van der Waals surface area contributed by atoms with E-state index in [2.05, 4.69) is 54.6 Å². The van der Waals surface area contributed by atoms with Gasteiger partial charge in [0.1, 0.15) is 0 Å². The van der Waals surface area contributed by atoms with Crippen LogP contribution in [-0.2, 0) is 4.74 Å². The molecular weight excluding hydrogens is 441 g/mol. The predicted molar refractivity (Wildman–Crippen MR) is 121 cm³/mol. The first kappa shape index (κ1) is 23.9. The lowest BCUT2D eigenvalue weighted by molar-refractivity contribution is 0.0195. The van der Waals surface area contributed by atoms with E-state index in [0.717, 1.165) is 65.0 Å². The van der Waals surface area contributed by atoms with E-state index in [1.165, 1.54) is 6.42 Å². The molecule has 6 nitrogen and oxygen atoms in total. The summed E-state index contributed by atoms with van der Waals surface area (Å²) in [6.45, 7) is 20.1. The number of morpholine rings is 1. The standard InChI is InChI=1S/C19H39N5O.HI/c1-6-20-19(21-8-10-24(16(2)3)17(4)5)23-9-7-18(15-23)22-11-13-25-14-12-22;/h16-18H,6-15H2,1-5H3,(H,20,21);1H. The van der Waals surface area contributed by atoms with Gasteiger partial charge in [0, 0.05) is 57.4 Å². The summed E-state index contributed by atoms with van der Waals surface area (Å²) in [6.07, 6.45) is 1.23. The van der Waals surface area contributed by atoms with Crippen molar-refractivity contribution in [2.24, 2.45) is 4.99 Å². The first-order valence-corrected chi connectivity index (χ1v) is 10.1. The Morgan fingerprint density at radius 3 is 2.38 bits per heavy atom. The van der Waals surface area contributed by atoms with Gasteiger partial charge in [-0.25, -0.2) is 0 Å². The second-order valence-electron chi connectivity index (χ2n) is 7.70. The number of halogens is 1. The zero-order valence-corrected chi connectivity index (χ0v) is 19.7. The maximum absolute atomic E-state index is 5.49. The molecule has 0 bridgehead atoms. The van der Waals surface area contributed by atoms with Crippen LogP contribution >= 0.6 is 24.0 Å². The molecule has 0 radical (unpaired) electrons. The largest absolute Gasteiger partial charge is 0.379 e. The van der Waals surface area contributed by atoms with Gasteiger partial charge in [0.05, 0.1) is 19.8 Å². The summed E-state index contributed by atoms with van der Waals surface area (Å²) in [4.78, 5) is 12.5. The molecule has 1 atom stereocenters. The van der Waals surface area contributed by atoms with E-state index in [1.807, 2.05) is 0 Å². The molecule has 154 valence electrons. The van der Waals surface area contributed by atoms with Crippen LogP contribution < -0.4 is 5.32 Å². The summed E-state index contributed by atoms with van der Waals surface area (Å²) in [6, 6.07) is 1.78. The lowest BCUT2D eigenvalue weighted by Gasteiger charge is -2.32. The smallest absolute Gasteiger partial charge is 0.194 e. The van der Waals surface area contributed by atoms with Gasteiger partial charge >= 0.3 is 0 Å². The molecule has 0 spiro atoms. The Morgan fingerprint density at radius 1 is 1.15 bits per heavy atom. The van der Waals surface area contributed by atoms with Gasteiger partial charge in [0.15, 0.2) is 5.96 Å². The molecule has 1 N–H and O–H groups in total. The van der Waals surface area contributed by atoms with Crippen molar-refractivity contribution in [3.8, 4) is 0 Å². The zero-order chi connectivity index (χ0) is 18.2. The van der Waals surface area contributed by atoms with Gasteiger partial charge in [-0.2, -0.15) is 0 Å². The summed E-state index contributed by atoms with van der Waals surface area (Å²) in [5, 5.41) is 3.49.